The maximum atomic E-state index is 12.4. The van der Waals surface area contributed by atoms with Crippen molar-refractivity contribution in [1.82, 2.24) is 9.80 Å². The minimum atomic E-state index is -3.80. The molecule has 0 aliphatic heterocycles. The van der Waals surface area contributed by atoms with E-state index in [0.717, 1.165) is 0 Å². The first-order chi connectivity index (χ1) is 12.6. The number of amides is 2. The van der Waals surface area contributed by atoms with Crippen LogP contribution < -0.4 is 4.72 Å². The van der Waals surface area contributed by atoms with Crippen molar-refractivity contribution in [2.75, 3.05) is 32.4 Å². The Kier molecular flexibility index (Phi) is 6.45. The van der Waals surface area contributed by atoms with Gasteiger partial charge in [-0.15, -0.1) is 0 Å². The Hall–Kier alpha value is -2.58. The van der Waals surface area contributed by atoms with Crippen LogP contribution in [-0.4, -0.2) is 57.7 Å². The van der Waals surface area contributed by atoms with Crippen molar-refractivity contribution in [3.63, 3.8) is 0 Å². The largest absolute Gasteiger partial charge is 0.347 e. The molecule has 0 radical (unpaired) electrons. The highest BCUT2D eigenvalue weighted by atomic mass is 35.5. The van der Waals surface area contributed by atoms with Gasteiger partial charge in [-0.05, 0) is 48.5 Å². The summed E-state index contributed by atoms with van der Waals surface area (Å²) in [6, 6.07) is 11.8. The van der Waals surface area contributed by atoms with E-state index in [4.69, 9.17) is 11.6 Å². The minimum Gasteiger partial charge on any atom is -0.347 e. The summed E-state index contributed by atoms with van der Waals surface area (Å²) >= 11 is 5.78. The number of rotatable bonds is 6. The molecule has 0 saturated heterocycles. The molecule has 2 rings (SSSR count). The van der Waals surface area contributed by atoms with Crippen molar-refractivity contribution in [2.24, 2.45) is 0 Å². The SMILES string of the molecule is CN(C)C(=O)CN(C)C(=O)c1ccc(S(=O)(=O)Nc2ccc(Cl)cc2)cc1. The molecular weight excluding hydrogens is 390 g/mol. The van der Waals surface area contributed by atoms with Gasteiger partial charge in [0.2, 0.25) is 5.91 Å². The number of likely N-dealkylation sites (N-methyl/N-ethyl adjacent to an activating group) is 2. The number of halogens is 1. The van der Waals surface area contributed by atoms with Gasteiger partial charge in [-0.2, -0.15) is 0 Å². The lowest BCUT2D eigenvalue weighted by Crippen LogP contribution is -2.37. The van der Waals surface area contributed by atoms with E-state index in [0.29, 0.717) is 10.7 Å². The van der Waals surface area contributed by atoms with E-state index < -0.39 is 10.0 Å². The van der Waals surface area contributed by atoms with Crippen molar-refractivity contribution in [3.05, 3.63) is 59.1 Å². The third-order valence-electron chi connectivity index (χ3n) is 3.73. The summed E-state index contributed by atoms with van der Waals surface area (Å²) < 4.78 is 27.3. The molecule has 0 aliphatic carbocycles. The number of nitrogens with one attached hydrogen (secondary N) is 1. The van der Waals surface area contributed by atoms with Crippen molar-refractivity contribution in [3.8, 4) is 0 Å². The lowest BCUT2D eigenvalue weighted by atomic mass is 10.2. The molecule has 0 heterocycles. The van der Waals surface area contributed by atoms with Crippen molar-refractivity contribution in [2.45, 2.75) is 4.90 Å². The van der Waals surface area contributed by atoms with Crippen LogP contribution in [-0.2, 0) is 14.8 Å². The van der Waals surface area contributed by atoms with Gasteiger partial charge in [0.05, 0.1) is 11.4 Å². The van der Waals surface area contributed by atoms with E-state index >= 15 is 0 Å². The molecule has 2 amide bonds. The van der Waals surface area contributed by atoms with Crippen molar-refractivity contribution >= 4 is 39.1 Å². The molecule has 2 aromatic rings. The van der Waals surface area contributed by atoms with Gasteiger partial charge in [0, 0.05) is 37.4 Å². The first-order valence-corrected chi connectivity index (χ1v) is 9.80. The first kappa shape index (κ1) is 20.7. The van der Waals surface area contributed by atoms with Crippen LogP contribution in [0.5, 0.6) is 0 Å². The molecule has 0 bridgehead atoms. The van der Waals surface area contributed by atoms with Gasteiger partial charge in [-0.1, -0.05) is 11.6 Å². The fraction of sp³-hybridized carbons (Fsp3) is 0.222. The minimum absolute atomic E-state index is 0.0148. The Morgan fingerprint density at radius 1 is 0.963 bits per heavy atom. The number of hydrogen-bond acceptors (Lipinski definition) is 4. The summed E-state index contributed by atoms with van der Waals surface area (Å²) in [5.41, 5.74) is 0.663. The molecule has 0 aliphatic rings. The summed E-state index contributed by atoms with van der Waals surface area (Å²) in [4.78, 5) is 26.8. The fourth-order valence-electron chi connectivity index (χ4n) is 2.15. The van der Waals surface area contributed by atoms with E-state index in [-0.39, 0.29) is 28.8 Å². The van der Waals surface area contributed by atoms with Crippen LogP contribution in [0, 0.1) is 0 Å². The third kappa shape index (κ3) is 5.45. The van der Waals surface area contributed by atoms with Crippen LogP contribution >= 0.6 is 11.6 Å². The smallest absolute Gasteiger partial charge is 0.261 e. The van der Waals surface area contributed by atoms with Crippen LogP contribution in [0.25, 0.3) is 0 Å². The van der Waals surface area contributed by atoms with Crippen LogP contribution in [0.15, 0.2) is 53.4 Å². The maximum Gasteiger partial charge on any atom is 0.261 e. The van der Waals surface area contributed by atoms with Crippen LogP contribution in [0.4, 0.5) is 5.69 Å². The number of sulfonamides is 1. The van der Waals surface area contributed by atoms with Gasteiger partial charge < -0.3 is 9.80 Å². The van der Waals surface area contributed by atoms with E-state index in [1.807, 2.05) is 0 Å². The topological polar surface area (TPSA) is 86.8 Å². The quantitative estimate of drug-likeness (QED) is 0.793. The summed E-state index contributed by atoms with van der Waals surface area (Å²) in [6.45, 7) is -0.0655. The van der Waals surface area contributed by atoms with Gasteiger partial charge in [-0.25, -0.2) is 8.42 Å². The van der Waals surface area contributed by atoms with Crippen LogP contribution in [0.2, 0.25) is 5.02 Å². The molecule has 0 spiro atoms. The molecule has 0 atom stereocenters. The highest BCUT2D eigenvalue weighted by Crippen LogP contribution is 2.19. The zero-order chi connectivity index (χ0) is 20.2. The summed E-state index contributed by atoms with van der Waals surface area (Å²) in [5.74, 6) is -0.586. The Balaban J connectivity index is 2.12. The predicted molar refractivity (Wildman–Crippen MR) is 104 cm³/mol. The maximum absolute atomic E-state index is 12.4. The third-order valence-corrected chi connectivity index (χ3v) is 5.38. The Labute approximate surface area is 163 Å². The van der Waals surface area contributed by atoms with Crippen LogP contribution in [0.1, 0.15) is 10.4 Å². The van der Waals surface area contributed by atoms with E-state index in [1.54, 1.807) is 38.4 Å². The summed E-state index contributed by atoms with van der Waals surface area (Å²) in [5, 5.41) is 0.498. The van der Waals surface area contributed by atoms with Gasteiger partial charge in [-0.3, -0.25) is 14.3 Å². The molecule has 144 valence electrons. The normalized spacial score (nSPS) is 11.0. The van der Waals surface area contributed by atoms with Gasteiger partial charge >= 0.3 is 0 Å². The average Bonchev–Trinajstić information content (AvgIpc) is 2.62. The predicted octanol–water partition coefficient (Wildman–Crippen LogP) is 2.30. The highest BCUT2D eigenvalue weighted by molar-refractivity contribution is 7.92. The Morgan fingerprint density at radius 3 is 2.04 bits per heavy atom. The van der Waals surface area contributed by atoms with E-state index in [1.165, 1.54) is 41.1 Å². The van der Waals surface area contributed by atoms with Gasteiger partial charge in [0.15, 0.2) is 0 Å². The lowest BCUT2D eigenvalue weighted by molar-refractivity contribution is -0.129. The number of carbonyl (C=O) groups is 2. The number of carbonyl (C=O) groups excluding carboxylic acids is 2. The average molecular weight is 410 g/mol. The molecule has 9 heteroatoms. The molecule has 0 fully saturated rings. The number of benzene rings is 2. The fourth-order valence-corrected chi connectivity index (χ4v) is 3.33. The lowest BCUT2D eigenvalue weighted by Gasteiger charge is -2.19. The van der Waals surface area contributed by atoms with Crippen LogP contribution in [0.3, 0.4) is 0 Å². The number of nitrogens with zero attached hydrogens (tertiary/aromatic N) is 2. The molecular formula is C18H20ClN3O4S. The zero-order valence-electron chi connectivity index (χ0n) is 15.1. The molecule has 27 heavy (non-hydrogen) atoms. The zero-order valence-corrected chi connectivity index (χ0v) is 16.7. The monoisotopic (exact) mass is 409 g/mol. The second kappa shape index (κ2) is 8.41. The standard InChI is InChI=1S/C18H20ClN3O4S/c1-21(2)17(23)12-22(3)18(24)13-4-10-16(11-5-13)27(25,26)20-15-8-6-14(19)7-9-15/h4-11,20H,12H2,1-3H3. The molecule has 1 N–H and O–H groups in total. The molecule has 0 saturated carbocycles. The molecule has 2 aromatic carbocycles. The van der Waals surface area contributed by atoms with Gasteiger partial charge in [0.25, 0.3) is 15.9 Å². The second-order valence-electron chi connectivity index (χ2n) is 6.09. The van der Waals surface area contributed by atoms with Crippen molar-refractivity contribution < 1.29 is 18.0 Å². The molecule has 0 aromatic heterocycles. The summed E-state index contributed by atoms with van der Waals surface area (Å²) in [6.07, 6.45) is 0. The Bertz CT molecular complexity index is 926. The molecule has 7 nitrogen and oxygen atoms in total. The second-order valence-corrected chi connectivity index (χ2v) is 8.20. The number of hydrogen-bond donors (Lipinski definition) is 1. The number of anilines is 1. The highest BCUT2D eigenvalue weighted by Gasteiger charge is 2.18. The van der Waals surface area contributed by atoms with Gasteiger partial charge in [0.1, 0.15) is 0 Å². The Morgan fingerprint density at radius 2 is 1.52 bits per heavy atom. The van der Waals surface area contributed by atoms with E-state index in [9.17, 15) is 18.0 Å². The van der Waals surface area contributed by atoms with Crippen molar-refractivity contribution in [1.29, 1.82) is 0 Å². The first-order valence-electron chi connectivity index (χ1n) is 7.94. The summed E-state index contributed by atoms with van der Waals surface area (Å²) in [7, 11) is 0.923. The molecule has 0 unspecified atom stereocenters. The van der Waals surface area contributed by atoms with E-state index in [2.05, 4.69) is 4.72 Å².